The van der Waals surface area contributed by atoms with Crippen LogP contribution in [0.2, 0.25) is 0 Å². The Morgan fingerprint density at radius 1 is 1.00 bits per heavy atom. The van der Waals surface area contributed by atoms with Crippen LogP contribution in [0, 0.1) is 0 Å². The largest absolute Gasteiger partial charge is 0.416 e. The molecule has 2 atom stereocenters. The predicted molar refractivity (Wildman–Crippen MR) is 135 cm³/mol. The third kappa shape index (κ3) is 8.00. The van der Waals surface area contributed by atoms with Gasteiger partial charge in [0.1, 0.15) is 0 Å². The number of rotatable bonds is 12. The van der Waals surface area contributed by atoms with Crippen LogP contribution >= 0.6 is 0 Å². The molecule has 2 aromatic carbocycles. The maximum atomic E-state index is 13.2. The second-order valence-electron chi connectivity index (χ2n) is 9.20. The fourth-order valence-electron chi connectivity index (χ4n) is 4.47. The van der Waals surface area contributed by atoms with Crippen molar-refractivity contribution in [3.63, 3.8) is 0 Å². The van der Waals surface area contributed by atoms with E-state index in [1.807, 2.05) is 35.2 Å². The van der Waals surface area contributed by atoms with Gasteiger partial charge in [-0.1, -0.05) is 36.4 Å². The summed E-state index contributed by atoms with van der Waals surface area (Å²) in [4.78, 5) is 29.0. The molecule has 2 aromatic rings. The van der Waals surface area contributed by atoms with Crippen molar-refractivity contribution in [2.75, 3.05) is 26.2 Å². The maximum Gasteiger partial charge on any atom is 0.416 e. The summed E-state index contributed by atoms with van der Waals surface area (Å²) in [5.41, 5.74) is 18.9. The Hall–Kier alpha value is -2.99. The van der Waals surface area contributed by atoms with E-state index in [0.29, 0.717) is 38.0 Å². The molecule has 11 heteroatoms. The van der Waals surface area contributed by atoms with Gasteiger partial charge in [0.2, 0.25) is 11.8 Å². The first-order chi connectivity index (χ1) is 17.6. The van der Waals surface area contributed by atoms with Crippen LogP contribution in [0.3, 0.4) is 0 Å². The van der Waals surface area contributed by atoms with Crippen LogP contribution in [0.5, 0.6) is 0 Å². The number of carbonyl (C=O) groups excluding carboxylic acids is 2. The number of carbonyl (C=O) groups is 2. The number of nitrogens with zero attached hydrogens (tertiary/aromatic N) is 2. The molecule has 0 aliphatic carbocycles. The lowest BCUT2D eigenvalue weighted by Crippen LogP contribution is -2.53. The standard InChI is InChI=1S/C26H35F3N6O2/c27-26(28,29)21-8-7-19-16-35(17-20(19)14-21)23(9-6-18-4-2-1-3-5-18)33-25(37)22(32)15-24(36)34(12-10-30)13-11-31/h1-5,7-8,14,22-23H,6,9-13,15-17,30-32H2,(H,33,37)/t22-,23+/m0/s1. The molecule has 0 fully saturated rings. The molecule has 2 amide bonds. The highest BCUT2D eigenvalue weighted by Crippen LogP contribution is 2.34. The minimum absolute atomic E-state index is 0.202. The van der Waals surface area contributed by atoms with E-state index in [0.717, 1.165) is 17.2 Å². The maximum absolute atomic E-state index is 13.2. The number of hydrogen-bond acceptors (Lipinski definition) is 6. The Bertz CT molecular complexity index is 1040. The predicted octanol–water partition coefficient (Wildman–Crippen LogP) is 1.56. The van der Waals surface area contributed by atoms with E-state index in [1.165, 1.54) is 17.0 Å². The lowest BCUT2D eigenvalue weighted by atomic mass is 10.1. The Morgan fingerprint density at radius 2 is 1.65 bits per heavy atom. The van der Waals surface area contributed by atoms with E-state index in [1.54, 1.807) is 0 Å². The van der Waals surface area contributed by atoms with Crippen molar-refractivity contribution in [1.29, 1.82) is 0 Å². The number of halogens is 3. The van der Waals surface area contributed by atoms with Crippen molar-refractivity contribution in [3.8, 4) is 0 Å². The van der Waals surface area contributed by atoms with E-state index in [4.69, 9.17) is 17.2 Å². The molecular formula is C26H35F3N6O2. The Morgan fingerprint density at radius 3 is 2.27 bits per heavy atom. The van der Waals surface area contributed by atoms with Crippen LogP contribution in [-0.4, -0.2) is 60.0 Å². The molecule has 0 aromatic heterocycles. The average molecular weight is 521 g/mol. The second-order valence-corrected chi connectivity index (χ2v) is 9.20. The number of aryl methyl sites for hydroxylation is 1. The van der Waals surface area contributed by atoms with E-state index in [-0.39, 0.29) is 32.0 Å². The van der Waals surface area contributed by atoms with Gasteiger partial charge in [0.05, 0.1) is 24.2 Å². The Balaban J connectivity index is 1.71. The molecule has 1 aliphatic heterocycles. The van der Waals surface area contributed by atoms with Crippen LogP contribution < -0.4 is 22.5 Å². The van der Waals surface area contributed by atoms with Gasteiger partial charge >= 0.3 is 6.18 Å². The van der Waals surface area contributed by atoms with E-state index in [2.05, 4.69) is 5.32 Å². The molecule has 1 aliphatic rings. The summed E-state index contributed by atoms with van der Waals surface area (Å²) in [7, 11) is 0. The number of amides is 2. The van der Waals surface area contributed by atoms with Crippen molar-refractivity contribution in [2.45, 2.75) is 50.7 Å². The first-order valence-electron chi connectivity index (χ1n) is 12.3. The minimum Gasteiger partial charge on any atom is -0.340 e. The zero-order chi connectivity index (χ0) is 27.0. The SMILES string of the molecule is NCCN(CCN)C(=O)C[C@H](N)C(=O)N[C@@H](CCc1ccccc1)N1Cc2ccc(C(F)(F)F)cc2C1. The van der Waals surface area contributed by atoms with Crippen molar-refractivity contribution in [1.82, 2.24) is 15.1 Å². The molecule has 7 N–H and O–H groups in total. The zero-order valence-electron chi connectivity index (χ0n) is 20.7. The summed E-state index contributed by atoms with van der Waals surface area (Å²) in [6.45, 7) is 1.81. The molecule has 0 unspecified atom stereocenters. The van der Waals surface area contributed by atoms with Crippen molar-refractivity contribution < 1.29 is 22.8 Å². The Kier molecular flexibility index (Phi) is 10.0. The quantitative estimate of drug-likeness (QED) is 0.336. The molecule has 1 heterocycles. The first-order valence-corrected chi connectivity index (χ1v) is 12.3. The molecule has 202 valence electrons. The van der Waals surface area contributed by atoms with Gasteiger partial charge in [0.25, 0.3) is 0 Å². The molecule has 3 rings (SSSR count). The normalized spacial score (nSPS) is 15.2. The summed E-state index contributed by atoms with van der Waals surface area (Å²) in [5, 5.41) is 2.94. The molecule has 0 spiro atoms. The minimum atomic E-state index is -4.43. The second kappa shape index (κ2) is 13.0. The lowest BCUT2D eigenvalue weighted by Gasteiger charge is -2.30. The molecule has 0 saturated carbocycles. The molecule has 0 bridgehead atoms. The monoisotopic (exact) mass is 520 g/mol. The topological polar surface area (TPSA) is 131 Å². The van der Waals surface area contributed by atoms with Gasteiger partial charge in [0, 0.05) is 39.3 Å². The van der Waals surface area contributed by atoms with Crippen molar-refractivity contribution in [3.05, 3.63) is 70.8 Å². The van der Waals surface area contributed by atoms with Crippen LogP contribution in [0.4, 0.5) is 13.2 Å². The smallest absolute Gasteiger partial charge is 0.340 e. The molecule has 8 nitrogen and oxygen atoms in total. The molecule has 0 saturated heterocycles. The summed E-state index contributed by atoms with van der Waals surface area (Å²) in [6.07, 6.45) is -3.96. The van der Waals surface area contributed by atoms with E-state index < -0.39 is 29.9 Å². The van der Waals surface area contributed by atoms with Gasteiger partial charge in [0.15, 0.2) is 0 Å². The fraction of sp³-hybridized carbons (Fsp3) is 0.462. The third-order valence-electron chi connectivity index (χ3n) is 6.46. The highest BCUT2D eigenvalue weighted by Gasteiger charge is 2.34. The molecule has 37 heavy (non-hydrogen) atoms. The fourth-order valence-corrected chi connectivity index (χ4v) is 4.47. The van der Waals surface area contributed by atoms with E-state index >= 15 is 0 Å². The van der Waals surface area contributed by atoms with Crippen LogP contribution in [0.15, 0.2) is 48.5 Å². The average Bonchev–Trinajstić information content (AvgIpc) is 3.29. The summed E-state index contributed by atoms with van der Waals surface area (Å²) in [6, 6.07) is 12.3. The molecular weight excluding hydrogens is 485 g/mol. The first kappa shape index (κ1) is 28.6. The number of nitrogens with two attached hydrogens (primary N) is 3. The highest BCUT2D eigenvalue weighted by atomic mass is 19.4. The van der Waals surface area contributed by atoms with Gasteiger partial charge in [-0.15, -0.1) is 0 Å². The summed E-state index contributed by atoms with van der Waals surface area (Å²) in [5.74, 6) is -0.813. The number of alkyl halides is 3. The van der Waals surface area contributed by atoms with Crippen molar-refractivity contribution in [2.24, 2.45) is 17.2 Å². The Labute approximate surface area is 215 Å². The van der Waals surface area contributed by atoms with Crippen molar-refractivity contribution >= 4 is 11.8 Å². The van der Waals surface area contributed by atoms with Gasteiger partial charge in [-0.05, 0) is 41.7 Å². The van der Waals surface area contributed by atoms with E-state index in [9.17, 15) is 22.8 Å². The van der Waals surface area contributed by atoms with Crippen LogP contribution in [0.1, 0.15) is 35.1 Å². The number of hydrogen-bond donors (Lipinski definition) is 4. The van der Waals surface area contributed by atoms with Crippen LogP contribution in [0.25, 0.3) is 0 Å². The van der Waals surface area contributed by atoms with Crippen LogP contribution in [-0.2, 0) is 35.3 Å². The van der Waals surface area contributed by atoms with Gasteiger partial charge in [-0.3, -0.25) is 14.5 Å². The van der Waals surface area contributed by atoms with Gasteiger partial charge < -0.3 is 27.4 Å². The number of nitrogens with one attached hydrogen (secondary N) is 1. The highest BCUT2D eigenvalue weighted by molar-refractivity contribution is 5.88. The van der Waals surface area contributed by atoms with Gasteiger partial charge in [-0.25, -0.2) is 0 Å². The number of fused-ring (bicyclic) bond motifs is 1. The molecule has 0 radical (unpaired) electrons. The number of benzene rings is 2. The zero-order valence-corrected chi connectivity index (χ0v) is 20.7. The summed E-state index contributed by atoms with van der Waals surface area (Å²) < 4.78 is 39.6. The summed E-state index contributed by atoms with van der Waals surface area (Å²) >= 11 is 0. The third-order valence-corrected chi connectivity index (χ3v) is 6.46. The van der Waals surface area contributed by atoms with Gasteiger partial charge in [-0.2, -0.15) is 13.2 Å². The lowest BCUT2D eigenvalue weighted by molar-refractivity contribution is -0.137.